The number of aromatic nitrogens is 2. The summed E-state index contributed by atoms with van der Waals surface area (Å²) in [4.78, 5) is 19.9. The highest BCUT2D eigenvalue weighted by molar-refractivity contribution is 5.91. The zero-order valence-electron chi connectivity index (χ0n) is 18.9. The van der Waals surface area contributed by atoms with Gasteiger partial charge in [0.2, 0.25) is 0 Å². The molecule has 5 rings (SSSR count). The van der Waals surface area contributed by atoms with Crippen molar-refractivity contribution >= 4 is 16.9 Å². The molecular formula is C26H27N3O4. The fourth-order valence-corrected chi connectivity index (χ4v) is 4.45. The van der Waals surface area contributed by atoms with Crippen molar-refractivity contribution in [1.29, 1.82) is 0 Å². The van der Waals surface area contributed by atoms with Crippen LogP contribution in [0.25, 0.3) is 11.0 Å². The Morgan fingerprint density at radius 3 is 2.67 bits per heavy atom. The maximum atomic E-state index is 13.1. The number of hydrogen-bond donors (Lipinski definition) is 0. The Bertz CT molecular complexity index is 1260. The van der Waals surface area contributed by atoms with E-state index in [1.165, 1.54) is 0 Å². The number of furan rings is 1. The average molecular weight is 446 g/mol. The van der Waals surface area contributed by atoms with E-state index in [0.29, 0.717) is 23.8 Å². The molecule has 33 heavy (non-hydrogen) atoms. The number of likely N-dealkylation sites (tertiary alicyclic amines) is 1. The van der Waals surface area contributed by atoms with Gasteiger partial charge in [-0.15, -0.1) is 0 Å². The lowest BCUT2D eigenvalue weighted by Gasteiger charge is -2.31. The Kier molecular flexibility index (Phi) is 5.77. The maximum absolute atomic E-state index is 13.1. The molecule has 4 aromatic rings. The molecule has 1 unspecified atom stereocenters. The van der Waals surface area contributed by atoms with Gasteiger partial charge in [0.05, 0.1) is 18.1 Å². The third kappa shape index (κ3) is 4.31. The van der Waals surface area contributed by atoms with E-state index in [-0.39, 0.29) is 18.4 Å². The largest absolute Gasteiger partial charge is 0.497 e. The van der Waals surface area contributed by atoms with Crippen molar-refractivity contribution in [3.05, 3.63) is 78.0 Å². The summed E-state index contributed by atoms with van der Waals surface area (Å²) < 4.78 is 18.9. The monoisotopic (exact) mass is 445 g/mol. The first-order valence-corrected chi connectivity index (χ1v) is 11.2. The molecule has 0 aliphatic carbocycles. The van der Waals surface area contributed by atoms with Crippen molar-refractivity contribution < 1.29 is 18.7 Å². The first kappa shape index (κ1) is 21.1. The van der Waals surface area contributed by atoms with E-state index < -0.39 is 0 Å². The van der Waals surface area contributed by atoms with Gasteiger partial charge >= 0.3 is 0 Å². The van der Waals surface area contributed by atoms with Crippen molar-refractivity contribution in [3.63, 3.8) is 0 Å². The highest BCUT2D eigenvalue weighted by atomic mass is 16.5. The minimum absolute atomic E-state index is 0.0887. The molecule has 1 amide bonds. The molecule has 1 aliphatic heterocycles. The van der Waals surface area contributed by atoms with Crippen LogP contribution >= 0.6 is 0 Å². The van der Waals surface area contributed by atoms with Crippen LogP contribution in [0.2, 0.25) is 0 Å². The number of rotatable bonds is 6. The summed E-state index contributed by atoms with van der Waals surface area (Å²) in [6.45, 7) is 1.61. The average Bonchev–Trinajstić information content (AvgIpc) is 3.48. The van der Waals surface area contributed by atoms with Crippen molar-refractivity contribution in [1.82, 2.24) is 14.5 Å². The number of nitrogens with zero attached hydrogens (tertiary/aromatic N) is 3. The highest BCUT2D eigenvalue weighted by Crippen LogP contribution is 2.29. The number of aryl methyl sites for hydroxylation is 1. The number of piperidine rings is 1. The molecule has 3 heterocycles. The predicted octanol–water partition coefficient (Wildman–Crippen LogP) is 4.77. The summed E-state index contributed by atoms with van der Waals surface area (Å²) in [5.41, 5.74) is 2.11. The van der Waals surface area contributed by atoms with Crippen molar-refractivity contribution in [2.75, 3.05) is 20.2 Å². The molecule has 2 aromatic carbocycles. The minimum Gasteiger partial charge on any atom is -0.497 e. The van der Waals surface area contributed by atoms with E-state index in [9.17, 15) is 4.79 Å². The fraction of sp³-hybridized carbons (Fsp3) is 0.308. The second kappa shape index (κ2) is 9.02. The van der Waals surface area contributed by atoms with Crippen LogP contribution in [0.3, 0.4) is 0 Å². The van der Waals surface area contributed by atoms with Gasteiger partial charge in [0.15, 0.2) is 5.76 Å². The van der Waals surface area contributed by atoms with Crippen LogP contribution in [0.1, 0.15) is 40.9 Å². The Hall–Kier alpha value is -3.74. The van der Waals surface area contributed by atoms with E-state index in [1.807, 2.05) is 54.4 Å². The van der Waals surface area contributed by atoms with Crippen LogP contribution in [0, 0.1) is 0 Å². The summed E-state index contributed by atoms with van der Waals surface area (Å²) in [6, 6.07) is 19.0. The molecule has 1 fully saturated rings. The lowest BCUT2D eigenvalue weighted by molar-refractivity contribution is 0.0667. The zero-order chi connectivity index (χ0) is 22.8. The van der Waals surface area contributed by atoms with Gasteiger partial charge in [-0.05, 0) is 61.4 Å². The number of ether oxygens (including phenoxy) is 2. The molecule has 0 radical (unpaired) electrons. The van der Waals surface area contributed by atoms with Gasteiger partial charge < -0.3 is 23.4 Å². The Balaban J connectivity index is 1.24. The van der Waals surface area contributed by atoms with Gasteiger partial charge in [-0.25, -0.2) is 4.98 Å². The minimum atomic E-state index is -0.0887. The number of para-hydroxylation sites is 2. The zero-order valence-corrected chi connectivity index (χ0v) is 18.9. The molecular weight excluding hydrogens is 418 g/mol. The second-order valence-electron chi connectivity index (χ2n) is 8.34. The normalized spacial score (nSPS) is 16.2. The van der Waals surface area contributed by atoms with Crippen LogP contribution in [0.5, 0.6) is 11.5 Å². The molecule has 170 valence electrons. The summed E-state index contributed by atoms with van der Waals surface area (Å²) in [5.74, 6) is 3.57. The van der Waals surface area contributed by atoms with Gasteiger partial charge in [-0.2, -0.15) is 0 Å². The number of carbonyl (C=O) groups is 1. The van der Waals surface area contributed by atoms with E-state index >= 15 is 0 Å². The summed E-state index contributed by atoms with van der Waals surface area (Å²) in [6.07, 6.45) is 1.95. The number of imidazole rings is 1. The molecule has 1 atom stereocenters. The van der Waals surface area contributed by atoms with Crippen LogP contribution in [0.4, 0.5) is 0 Å². The lowest BCUT2D eigenvalue weighted by atomic mass is 9.97. The predicted molar refractivity (Wildman–Crippen MR) is 125 cm³/mol. The molecule has 0 bridgehead atoms. The molecule has 0 N–H and O–H groups in total. The number of methoxy groups -OCH3 is 1. The first-order valence-electron chi connectivity index (χ1n) is 11.2. The standard InChI is InChI=1S/C26H27N3O4/c1-28-23-8-4-3-7-22(23)27-25(28)18-6-5-15-29(16-18)26(30)24-14-13-21(33-24)17-32-20-11-9-19(31-2)10-12-20/h3-4,7-14,18H,5-6,15-17H2,1-2H3. The van der Waals surface area contributed by atoms with E-state index in [4.69, 9.17) is 18.9 Å². The third-order valence-electron chi connectivity index (χ3n) is 6.21. The number of fused-ring (bicyclic) bond motifs is 1. The van der Waals surface area contributed by atoms with E-state index in [0.717, 1.165) is 42.0 Å². The van der Waals surface area contributed by atoms with Crippen LogP contribution in [0.15, 0.2) is 65.1 Å². The Morgan fingerprint density at radius 2 is 1.88 bits per heavy atom. The van der Waals surface area contributed by atoms with Crippen molar-refractivity contribution in [3.8, 4) is 11.5 Å². The Labute approximate surface area is 192 Å². The second-order valence-corrected chi connectivity index (χ2v) is 8.34. The Morgan fingerprint density at radius 1 is 1.09 bits per heavy atom. The molecule has 1 saturated heterocycles. The van der Waals surface area contributed by atoms with Crippen molar-refractivity contribution in [2.24, 2.45) is 7.05 Å². The molecule has 2 aromatic heterocycles. The quantitative estimate of drug-likeness (QED) is 0.427. The van der Waals surface area contributed by atoms with E-state index in [1.54, 1.807) is 19.2 Å². The first-order chi connectivity index (χ1) is 16.1. The topological polar surface area (TPSA) is 69.7 Å². The highest BCUT2D eigenvalue weighted by Gasteiger charge is 2.29. The lowest BCUT2D eigenvalue weighted by Crippen LogP contribution is -2.39. The number of benzene rings is 2. The van der Waals surface area contributed by atoms with Gasteiger partial charge in [-0.1, -0.05) is 12.1 Å². The molecule has 0 spiro atoms. The van der Waals surface area contributed by atoms with Crippen LogP contribution < -0.4 is 9.47 Å². The van der Waals surface area contributed by atoms with Gasteiger partial charge in [0.25, 0.3) is 5.91 Å². The summed E-state index contributed by atoms with van der Waals surface area (Å²) in [7, 11) is 3.67. The summed E-state index contributed by atoms with van der Waals surface area (Å²) in [5, 5.41) is 0. The molecule has 7 nitrogen and oxygen atoms in total. The SMILES string of the molecule is COc1ccc(OCc2ccc(C(=O)N3CCCC(c4nc5ccccc5n4C)C3)o2)cc1. The molecule has 0 saturated carbocycles. The van der Waals surface area contributed by atoms with Gasteiger partial charge in [-0.3, -0.25) is 4.79 Å². The molecule has 7 heteroatoms. The fourth-order valence-electron chi connectivity index (χ4n) is 4.45. The van der Waals surface area contributed by atoms with Crippen LogP contribution in [-0.2, 0) is 13.7 Å². The molecule has 1 aliphatic rings. The van der Waals surface area contributed by atoms with Crippen LogP contribution in [-0.4, -0.2) is 40.6 Å². The number of carbonyl (C=O) groups excluding carboxylic acids is 1. The smallest absolute Gasteiger partial charge is 0.289 e. The van der Waals surface area contributed by atoms with Gasteiger partial charge in [0.1, 0.15) is 29.7 Å². The number of amides is 1. The summed E-state index contributed by atoms with van der Waals surface area (Å²) >= 11 is 0. The number of hydrogen-bond acceptors (Lipinski definition) is 5. The third-order valence-corrected chi connectivity index (χ3v) is 6.21. The van der Waals surface area contributed by atoms with E-state index in [2.05, 4.69) is 10.6 Å². The van der Waals surface area contributed by atoms with Gasteiger partial charge in [0, 0.05) is 26.1 Å². The maximum Gasteiger partial charge on any atom is 0.289 e. The van der Waals surface area contributed by atoms with Crippen molar-refractivity contribution in [2.45, 2.75) is 25.4 Å².